The molecule has 5 N–H and O–H groups in total. The molecule has 8 nitrogen and oxygen atoms in total. The van der Waals surface area contributed by atoms with Crippen LogP contribution in [0.4, 0.5) is 5.13 Å². The fourth-order valence-electron chi connectivity index (χ4n) is 3.26. The van der Waals surface area contributed by atoms with Crippen molar-refractivity contribution in [2.45, 2.75) is 30.6 Å². The number of ether oxygens (including phenoxy) is 1. The van der Waals surface area contributed by atoms with Gasteiger partial charge in [0, 0.05) is 5.56 Å². The molecular formula is C20H20N2O6S. The smallest absolute Gasteiger partial charge is 0.204 e. The maximum atomic E-state index is 12.8. The molecule has 29 heavy (non-hydrogen) atoms. The van der Waals surface area contributed by atoms with Crippen LogP contribution in [0.1, 0.15) is 15.2 Å². The van der Waals surface area contributed by atoms with Crippen LogP contribution in [0.5, 0.6) is 0 Å². The summed E-state index contributed by atoms with van der Waals surface area (Å²) >= 11 is 1.08. The highest BCUT2D eigenvalue weighted by Crippen LogP contribution is 2.27. The number of fused-ring (bicyclic) bond motifs is 1. The van der Waals surface area contributed by atoms with Gasteiger partial charge in [0.05, 0.1) is 17.7 Å². The second-order valence-corrected chi connectivity index (χ2v) is 7.85. The van der Waals surface area contributed by atoms with Crippen LogP contribution < -0.4 is 5.32 Å². The third-order valence-electron chi connectivity index (χ3n) is 4.90. The third-order valence-corrected chi connectivity index (χ3v) is 5.83. The van der Waals surface area contributed by atoms with E-state index >= 15 is 0 Å². The van der Waals surface area contributed by atoms with E-state index in [0.29, 0.717) is 15.6 Å². The van der Waals surface area contributed by atoms with Crippen molar-refractivity contribution in [1.29, 1.82) is 0 Å². The topological polar surface area (TPSA) is 132 Å². The summed E-state index contributed by atoms with van der Waals surface area (Å²) in [6.07, 6.45) is -5.05. The van der Waals surface area contributed by atoms with E-state index in [4.69, 9.17) is 4.74 Å². The van der Waals surface area contributed by atoms with Crippen molar-refractivity contribution < 1.29 is 30.0 Å². The predicted molar refractivity (Wildman–Crippen MR) is 107 cm³/mol. The van der Waals surface area contributed by atoms with E-state index in [0.717, 1.165) is 22.1 Å². The van der Waals surface area contributed by atoms with Crippen LogP contribution >= 0.6 is 11.3 Å². The number of aliphatic hydroxyl groups excluding tert-OH is 4. The predicted octanol–water partition coefficient (Wildman–Crippen LogP) is 0.739. The maximum Gasteiger partial charge on any atom is 0.204 e. The molecule has 0 spiro atoms. The van der Waals surface area contributed by atoms with E-state index < -0.39 is 37.3 Å². The summed E-state index contributed by atoms with van der Waals surface area (Å²) in [5, 5.41) is 44.2. The van der Waals surface area contributed by atoms with E-state index in [1.807, 2.05) is 36.4 Å². The quantitative estimate of drug-likeness (QED) is 0.385. The van der Waals surface area contributed by atoms with Gasteiger partial charge in [-0.15, -0.1) is 0 Å². The van der Waals surface area contributed by atoms with Crippen molar-refractivity contribution in [3.8, 4) is 0 Å². The Balaban J connectivity index is 1.51. The number of benzene rings is 2. The second-order valence-electron chi connectivity index (χ2n) is 6.81. The molecule has 0 saturated carbocycles. The number of hydrogen-bond donors (Lipinski definition) is 5. The highest BCUT2D eigenvalue weighted by molar-refractivity contribution is 7.17. The number of nitrogens with one attached hydrogen (secondary N) is 1. The Morgan fingerprint density at radius 3 is 2.59 bits per heavy atom. The van der Waals surface area contributed by atoms with E-state index in [1.165, 1.54) is 6.20 Å². The van der Waals surface area contributed by atoms with E-state index in [2.05, 4.69) is 10.3 Å². The molecule has 0 amide bonds. The molecular weight excluding hydrogens is 396 g/mol. The van der Waals surface area contributed by atoms with Gasteiger partial charge in [0.2, 0.25) is 5.78 Å². The molecule has 1 saturated heterocycles. The largest absolute Gasteiger partial charge is 0.394 e. The molecule has 1 aromatic heterocycles. The molecule has 0 radical (unpaired) electrons. The summed E-state index contributed by atoms with van der Waals surface area (Å²) in [6, 6.07) is 13.2. The number of rotatable bonds is 5. The zero-order chi connectivity index (χ0) is 20.5. The third kappa shape index (κ3) is 3.88. The number of ketones is 1. The molecule has 152 valence electrons. The summed E-state index contributed by atoms with van der Waals surface area (Å²) in [6.45, 7) is -0.521. The van der Waals surface area contributed by atoms with Crippen molar-refractivity contribution in [2.75, 3.05) is 11.9 Å². The fourth-order valence-corrected chi connectivity index (χ4v) is 4.07. The molecule has 2 unspecified atom stereocenters. The lowest BCUT2D eigenvalue weighted by molar-refractivity contribution is -0.221. The van der Waals surface area contributed by atoms with Gasteiger partial charge in [0.1, 0.15) is 24.4 Å². The van der Waals surface area contributed by atoms with Gasteiger partial charge in [-0.2, -0.15) is 0 Å². The van der Waals surface area contributed by atoms with E-state index in [1.54, 1.807) is 6.07 Å². The molecule has 0 bridgehead atoms. The van der Waals surface area contributed by atoms with Crippen LogP contribution in [0.25, 0.3) is 10.8 Å². The molecule has 1 aliphatic heterocycles. The minimum atomic E-state index is -1.49. The molecule has 4 rings (SSSR count). The first-order valence-electron chi connectivity index (χ1n) is 9.04. The number of thiazole rings is 1. The van der Waals surface area contributed by atoms with Gasteiger partial charge in [0.15, 0.2) is 11.4 Å². The molecule has 1 aliphatic rings. The number of aromatic nitrogens is 1. The Morgan fingerprint density at radius 2 is 1.83 bits per heavy atom. The summed E-state index contributed by atoms with van der Waals surface area (Å²) in [7, 11) is 0. The summed E-state index contributed by atoms with van der Waals surface area (Å²) < 4.78 is 5.40. The lowest BCUT2D eigenvalue weighted by Gasteiger charge is -2.40. The zero-order valence-electron chi connectivity index (χ0n) is 15.2. The van der Waals surface area contributed by atoms with Crippen LogP contribution in [0, 0.1) is 0 Å². The highest BCUT2D eigenvalue weighted by Gasteiger charge is 2.43. The first-order valence-corrected chi connectivity index (χ1v) is 9.86. The molecule has 9 heteroatoms. The Hall–Kier alpha value is -2.40. The SMILES string of the molecule is O=C(c1ccc2ccccc2c1)c1cnc(N[C@H]2OC(CO)[C@@H](O)[C@H](O)C2O)s1. The van der Waals surface area contributed by atoms with Crippen LogP contribution in [-0.2, 0) is 4.74 Å². The van der Waals surface area contributed by atoms with Gasteiger partial charge in [-0.05, 0) is 16.8 Å². The van der Waals surface area contributed by atoms with Gasteiger partial charge in [-0.3, -0.25) is 4.79 Å². The van der Waals surface area contributed by atoms with Crippen LogP contribution in [0.2, 0.25) is 0 Å². The standard InChI is InChI=1S/C20H20N2O6S/c23-9-13-16(25)17(26)18(27)19(28-13)22-20-21-8-14(29-20)15(24)12-6-5-10-3-1-2-4-11(10)7-12/h1-8,13,16-19,23,25-27H,9H2,(H,21,22)/t13?,16-,17+,18?,19+/m1/s1. The highest BCUT2D eigenvalue weighted by atomic mass is 32.1. The Bertz CT molecular complexity index is 1020. The number of carbonyl (C=O) groups is 1. The average molecular weight is 416 g/mol. The molecule has 1 fully saturated rings. The molecule has 5 atom stereocenters. The number of carbonyl (C=O) groups excluding carboxylic acids is 1. The minimum absolute atomic E-state index is 0.185. The van der Waals surface area contributed by atoms with Gasteiger partial charge in [0.25, 0.3) is 0 Å². The fraction of sp³-hybridized carbons (Fsp3) is 0.300. The first kappa shape index (κ1) is 19.9. The minimum Gasteiger partial charge on any atom is -0.394 e. The lowest BCUT2D eigenvalue weighted by atomic mass is 9.98. The van der Waals surface area contributed by atoms with Crippen molar-refractivity contribution >= 4 is 33.0 Å². The molecule has 3 aromatic rings. The number of nitrogens with zero attached hydrogens (tertiary/aromatic N) is 1. The van der Waals surface area contributed by atoms with Gasteiger partial charge < -0.3 is 30.5 Å². The van der Waals surface area contributed by atoms with Crippen molar-refractivity contribution in [2.24, 2.45) is 0 Å². The molecule has 2 heterocycles. The Morgan fingerprint density at radius 1 is 1.07 bits per heavy atom. The number of anilines is 1. The average Bonchev–Trinajstić information content (AvgIpc) is 3.21. The summed E-state index contributed by atoms with van der Waals surface area (Å²) in [5.41, 5.74) is 0.534. The van der Waals surface area contributed by atoms with Crippen molar-refractivity contribution in [3.05, 3.63) is 59.1 Å². The Labute approximate surface area is 170 Å². The van der Waals surface area contributed by atoms with E-state index in [-0.39, 0.29) is 5.78 Å². The first-order chi connectivity index (χ1) is 14.0. The lowest BCUT2D eigenvalue weighted by Crippen LogP contribution is -2.60. The second kappa shape index (κ2) is 8.15. The van der Waals surface area contributed by atoms with E-state index in [9.17, 15) is 25.2 Å². The normalized spacial score (nSPS) is 27.1. The monoisotopic (exact) mass is 416 g/mol. The number of hydrogen-bond acceptors (Lipinski definition) is 9. The van der Waals surface area contributed by atoms with Gasteiger partial charge in [-0.1, -0.05) is 47.7 Å². The van der Waals surface area contributed by atoms with Crippen LogP contribution in [0.3, 0.4) is 0 Å². The zero-order valence-corrected chi connectivity index (χ0v) is 16.0. The maximum absolute atomic E-state index is 12.8. The number of aliphatic hydroxyl groups is 4. The van der Waals surface area contributed by atoms with Crippen molar-refractivity contribution in [3.63, 3.8) is 0 Å². The van der Waals surface area contributed by atoms with Crippen molar-refractivity contribution in [1.82, 2.24) is 4.98 Å². The van der Waals surface area contributed by atoms with Crippen LogP contribution in [0.15, 0.2) is 48.7 Å². The molecule has 2 aromatic carbocycles. The summed E-state index contributed by atoms with van der Waals surface area (Å²) in [5.74, 6) is -0.185. The van der Waals surface area contributed by atoms with Gasteiger partial charge in [-0.25, -0.2) is 4.98 Å². The van der Waals surface area contributed by atoms with Crippen LogP contribution in [-0.4, -0.2) is 68.4 Å². The van der Waals surface area contributed by atoms with Gasteiger partial charge >= 0.3 is 0 Å². The Kier molecular flexibility index (Phi) is 5.59. The summed E-state index contributed by atoms with van der Waals surface area (Å²) in [4.78, 5) is 17.3. The molecule has 0 aliphatic carbocycles.